The SMILES string of the molecule is Cc1ccccc1Oc1cnc(C(C)C)nc1C(=O)O. The van der Waals surface area contributed by atoms with Gasteiger partial charge in [0.2, 0.25) is 0 Å². The second-order valence-corrected chi connectivity index (χ2v) is 4.77. The summed E-state index contributed by atoms with van der Waals surface area (Å²) in [6, 6.07) is 7.38. The molecule has 0 saturated heterocycles. The third kappa shape index (κ3) is 2.93. The van der Waals surface area contributed by atoms with Gasteiger partial charge in [-0.1, -0.05) is 32.0 Å². The number of hydrogen-bond donors (Lipinski definition) is 1. The van der Waals surface area contributed by atoms with Crippen LogP contribution in [0, 0.1) is 6.92 Å². The molecule has 5 nitrogen and oxygen atoms in total. The number of benzene rings is 1. The number of rotatable bonds is 4. The van der Waals surface area contributed by atoms with Crippen molar-refractivity contribution in [2.75, 3.05) is 0 Å². The predicted molar refractivity (Wildman–Crippen MR) is 74.3 cm³/mol. The molecular formula is C15H16N2O3. The molecule has 0 aliphatic carbocycles. The van der Waals surface area contributed by atoms with E-state index in [-0.39, 0.29) is 17.4 Å². The van der Waals surface area contributed by atoms with Crippen LogP contribution in [0.25, 0.3) is 0 Å². The first kappa shape index (κ1) is 14.0. The molecule has 0 radical (unpaired) electrons. The number of nitrogens with zero attached hydrogens (tertiary/aromatic N) is 2. The number of carboxylic acid groups (broad SMARTS) is 1. The van der Waals surface area contributed by atoms with E-state index < -0.39 is 5.97 Å². The molecule has 1 heterocycles. The minimum atomic E-state index is -1.13. The first-order chi connectivity index (χ1) is 9.49. The molecule has 0 aliphatic heterocycles. The van der Waals surface area contributed by atoms with Crippen LogP contribution < -0.4 is 4.74 Å². The van der Waals surface area contributed by atoms with Gasteiger partial charge >= 0.3 is 5.97 Å². The molecule has 0 spiro atoms. The summed E-state index contributed by atoms with van der Waals surface area (Å²) in [6.07, 6.45) is 1.41. The molecule has 2 aromatic rings. The monoisotopic (exact) mass is 272 g/mol. The quantitative estimate of drug-likeness (QED) is 0.923. The zero-order valence-electron chi connectivity index (χ0n) is 11.6. The Hall–Kier alpha value is -2.43. The van der Waals surface area contributed by atoms with Crippen LogP contribution in [0.4, 0.5) is 0 Å². The average Bonchev–Trinajstić information content (AvgIpc) is 2.41. The molecule has 20 heavy (non-hydrogen) atoms. The lowest BCUT2D eigenvalue weighted by molar-refractivity contribution is 0.0686. The van der Waals surface area contributed by atoms with Gasteiger partial charge < -0.3 is 9.84 Å². The maximum atomic E-state index is 11.3. The highest BCUT2D eigenvalue weighted by molar-refractivity contribution is 5.88. The van der Waals surface area contributed by atoms with Gasteiger partial charge in [0.25, 0.3) is 0 Å². The van der Waals surface area contributed by atoms with E-state index in [0.29, 0.717) is 11.6 Å². The molecule has 1 aromatic heterocycles. The molecule has 1 N–H and O–H groups in total. The zero-order valence-corrected chi connectivity index (χ0v) is 11.6. The molecule has 104 valence electrons. The van der Waals surface area contributed by atoms with Gasteiger partial charge in [-0.15, -0.1) is 0 Å². The Labute approximate surface area is 117 Å². The molecule has 5 heteroatoms. The lowest BCUT2D eigenvalue weighted by Crippen LogP contribution is -2.08. The highest BCUT2D eigenvalue weighted by atomic mass is 16.5. The van der Waals surface area contributed by atoms with E-state index in [1.54, 1.807) is 6.07 Å². The van der Waals surface area contributed by atoms with Crippen LogP contribution in [0.3, 0.4) is 0 Å². The Morgan fingerprint density at radius 3 is 2.55 bits per heavy atom. The maximum Gasteiger partial charge on any atom is 0.358 e. The van der Waals surface area contributed by atoms with E-state index >= 15 is 0 Å². The molecule has 0 saturated carbocycles. The third-order valence-electron chi connectivity index (χ3n) is 2.81. The summed E-state index contributed by atoms with van der Waals surface area (Å²) in [7, 11) is 0. The van der Waals surface area contributed by atoms with Gasteiger partial charge in [0.1, 0.15) is 11.6 Å². The summed E-state index contributed by atoms with van der Waals surface area (Å²) < 4.78 is 5.63. The summed E-state index contributed by atoms with van der Waals surface area (Å²) in [5.41, 5.74) is 0.795. The molecule has 0 atom stereocenters. The fourth-order valence-corrected chi connectivity index (χ4v) is 1.68. The summed E-state index contributed by atoms with van der Waals surface area (Å²) in [5.74, 6) is 0.158. The molecule has 0 unspecified atom stereocenters. The van der Waals surface area contributed by atoms with Crippen molar-refractivity contribution in [3.05, 3.63) is 47.5 Å². The van der Waals surface area contributed by atoms with Crippen LogP contribution in [0.1, 0.15) is 41.6 Å². The van der Waals surface area contributed by atoms with Crippen LogP contribution in [-0.4, -0.2) is 21.0 Å². The number of aromatic nitrogens is 2. The van der Waals surface area contributed by atoms with Crippen molar-refractivity contribution in [2.45, 2.75) is 26.7 Å². The highest BCUT2D eigenvalue weighted by Crippen LogP contribution is 2.27. The van der Waals surface area contributed by atoms with Crippen LogP contribution in [0.2, 0.25) is 0 Å². The second-order valence-electron chi connectivity index (χ2n) is 4.77. The molecule has 1 aromatic carbocycles. The summed E-state index contributed by atoms with van der Waals surface area (Å²) >= 11 is 0. The summed E-state index contributed by atoms with van der Waals surface area (Å²) in [5, 5.41) is 9.25. The van der Waals surface area contributed by atoms with Crippen molar-refractivity contribution in [1.82, 2.24) is 9.97 Å². The van der Waals surface area contributed by atoms with Gasteiger partial charge in [-0.05, 0) is 18.6 Å². The van der Waals surface area contributed by atoms with Gasteiger partial charge in [0.15, 0.2) is 11.4 Å². The minimum Gasteiger partial charge on any atom is -0.476 e. The van der Waals surface area contributed by atoms with E-state index in [9.17, 15) is 9.90 Å². The Bertz CT molecular complexity index is 639. The van der Waals surface area contributed by atoms with Gasteiger partial charge in [0, 0.05) is 5.92 Å². The van der Waals surface area contributed by atoms with Gasteiger partial charge in [-0.2, -0.15) is 0 Å². The van der Waals surface area contributed by atoms with E-state index in [2.05, 4.69) is 9.97 Å². The lowest BCUT2D eigenvalue weighted by atomic mass is 10.2. The van der Waals surface area contributed by atoms with E-state index in [1.165, 1.54) is 6.20 Å². The van der Waals surface area contributed by atoms with Gasteiger partial charge in [0.05, 0.1) is 6.20 Å². The standard InChI is InChI=1S/C15H16N2O3/c1-9(2)14-16-8-12(13(17-14)15(18)19)20-11-7-5-4-6-10(11)3/h4-9H,1-3H3,(H,18,19). The van der Waals surface area contributed by atoms with Crippen molar-refractivity contribution >= 4 is 5.97 Å². The number of para-hydroxylation sites is 1. The first-order valence-corrected chi connectivity index (χ1v) is 6.32. The van der Waals surface area contributed by atoms with Crippen molar-refractivity contribution in [2.24, 2.45) is 0 Å². The fraction of sp³-hybridized carbons (Fsp3) is 0.267. The number of aromatic carboxylic acids is 1. The molecule has 0 amide bonds. The normalized spacial score (nSPS) is 10.6. The fourth-order valence-electron chi connectivity index (χ4n) is 1.68. The largest absolute Gasteiger partial charge is 0.476 e. The minimum absolute atomic E-state index is 0.0561. The van der Waals surface area contributed by atoms with Crippen molar-refractivity contribution < 1.29 is 14.6 Å². The summed E-state index contributed by atoms with van der Waals surface area (Å²) in [4.78, 5) is 19.5. The molecule has 2 rings (SSSR count). The first-order valence-electron chi connectivity index (χ1n) is 6.32. The molecule has 0 bridgehead atoms. The van der Waals surface area contributed by atoms with E-state index in [4.69, 9.17) is 4.74 Å². The number of ether oxygens (including phenoxy) is 1. The van der Waals surface area contributed by atoms with E-state index in [1.807, 2.05) is 39.0 Å². The number of carboxylic acids is 1. The van der Waals surface area contributed by atoms with Crippen molar-refractivity contribution in [1.29, 1.82) is 0 Å². The molecule has 0 aliphatic rings. The van der Waals surface area contributed by atoms with E-state index in [0.717, 1.165) is 5.56 Å². The van der Waals surface area contributed by atoms with Crippen LogP contribution >= 0.6 is 0 Å². The smallest absolute Gasteiger partial charge is 0.358 e. The Kier molecular flexibility index (Phi) is 3.98. The second kappa shape index (κ2) is 5.69. The third-order valence-corrected chi connectivity index (χ3v) is 2.81. The Balaban J connectivity index is 2.41. The predicted octanol–water partition coefficient (Wildman–Crippen LogP) is 3.40. The number of hydrogen-bond acceptors (Lipinski definition) is 4. The Morgan fingerprint density at radius 2 is 1.95 bits per heavy atom. The lowest BCUT2D eigenvalue weighted by Gasteiger charge is -2.11. The summed E-state index contributed by atoms with van der Waals surface area (Å²) in [6.45, 7) is 5.70. The molecule has 0 fully saturated rings. The van der Waals surface area contributed by atoms with Gasteiger partial charge in [-0.25, -0.2) is 14.8 Å². The van der Waals surface area contributed by atoms with Crippen LogP contribution in [-0.2, 0) is 0 Å². The number of carbonyl (C=O) groups is 1. The highest BCUT2D eigenvalue weighted by Gasteiger charge is 2.17. The van der Waals surface area contributed by atoms with Crippen LogP contribution in [0.15, 0.2) is 30.5 Å². The Morgan fingerprint density at radius 1 is 1.25 bits per heavy atom. The topological polar surface area (TPSA) is 72.3 Å². The maximum absolute atomic E-state index is 11.3. The average molecular weight is 272 g/mol. The molecular weight excluding hydrogens is 256 g/mol. The van der Waals surface area contributed by atoms with Crippen molar-refractivity contribution in [3.8, 4) is 11.5 Å². The van der Waals surface area contributed by atoms with Crippen LogP contribution in [0.5, 0.6) is 11.5 Å². The zero-order chi connectivity index (χ0) is 14.7. The number of aryl methyl sites for hydroxylation is 1. The van der Waals surface area contributed by atoms with Gasteiger partial charge in [-0.3, -0.25) is 0 Å². The van der Waals surface area contributed by atoms with Crippen molar-refractivity contribution in [3.63, 3.8) is 0 Å².